The summed E-state index contributed by atoms with van der Waals surface area (Å²) in [6.07, 6.45) is 0.686. The summed E-state index contributed by atoms with van der Waals surface area (Å²) in [6, 6.07) is 4.79. The van der Waals surface area contributed by atoms with Gasteiger partial charge in [0.25, 0.3) is 0 Å². The van der Waals surface area contributed by atoms with Gasteiger partial charge >= 0.3 is 6.09 Å². The van der Waals surface area contributed by atoms with Crippen molar-refractivity contribution in [3.63, 3.8) is 0 Å². The van der Waals surface area contributed by atoms with Crippen LogP contribution >= 0.6 is 0 Å². The van der Waals surface area contributed by atoms with Crippen molar-refractivity contribution in [3.05, 3.63) is 35.1 Å². The molecule has 0 saturated heterocycles. The van der Waals surface area contributed by atoms with Crippen molar-refractivity contribution in [3.8, 4) is 0 Å². The molecule has 1 rings (SSSR count). The van der Waals surface area contributed by atoms with Gasteiger partial charge in [0.1, 0.15) is 11.4 Å². The standard InChI is InChI=1S/C17H26FNO3/c1-5-12(11-20)9-14-13(7-6-8-15(14)18)10-19-16(21)22-17(2,3)4/h6-8,12,20H,5,9-11H2,1-4H3,(H,19,21). The van der Waals surface area contributed by atoms with E-state index in [1.165, 1.54) is 6.07 Å². The fraction of sp³-hybridized carbons (Fsp3) is 0.588. The molecule has 2 N–H and O–H groups in total. The number of aliphatic hydroxyl groups is 1. The average molecular weight is 311 g/mol. The minimum absolute atomic E-state index is 0.0113. The number of alkyl carbamates (subject to hydrolysis) is 1. The quantitative estimate of drug-likeness (QED) is 0.846. The fourth-order valence-corrected chi connectivity index (χ4v) is 2.11. The van der Waals surface area contributed by atoms with Crippen LogP contribution in [0.1, 0.15) is 45.2 Å². The summed E-state index contributed by atoms with van der Waals surface area (Å²) < 4.78 is 19.2. The number of hydrogen-bond donors (Lipinski definition) is 2. The first-order valence-corrected chi connectivity index (χ1v) is 7.60. The number of carbonyl (C=O) groups is 1. The first-order chi connectivity index (χ1) is 10.3. The van der Waals surface area contributed by atoms with Crippen LogP contribution in [0, 0.1) is 11.7 Å². The van der Waals surface area contributed by atoms with E-state index in [0.29, 0.717) is 17.5 Å². The Labute approximate surface area is 131 Å². The molecule has 4 nitrogen and oxygen atoms in total. The zero-order chi connectivity index (χ0) is 16.8. The smallest absolute Gasteiger partial charge is 0.407 e. The Morgan fingerprint density at radius 3 is 2.64 bits per heavy atom. The van der Waals surface area contributed by atoms with Crippen molar-refractivity contribution in [1.29, 1.82) is 0 Å². The van der Waals surface area contributed by atoms with Gasteiger partial charge in [-0.05, 0) is 50.3 Å². The maximum Gasteiger partial charge on any atom is 0.407 e. The van der Waals surface area contributed by atoms with Gasteiger partial charge in [-0.25, -0.2) is 9.18 Å². The Bertz CT molecular complexity index is 493. The van der Waals surface area contributed by atoms with Crippen LogP contribution in [0.5, 0.6) is 0 Å². The Hall–Kier alpha value is -1.62. The van der Waals surface area contributed by atoms with Crippen LogP contribution in [0.3, 0.4) is 0 Å². The number of carbonyl (C=O) groups excluding carboxylic acids is 1. The van der Waals surface area contributed by atoms with E-state index in [2.05, 4.69) is 5.32 Å². The lowest BCUT2D eigenvalue weighted by atomic mass is 9.94. The molecule has 0 spiro atoms. The number of benzene rings is 1. The van der Waals surface area contributed by atoms with E-state index in [1.807, 2.05) is 6.92 Å². The lowest BCUT2D eigenvalue weighted by Crippen LogP contribution is -2.32. The van der Waals surface area contributed by atoms with Gasteiger partial charge in [0, 0.05) is 13.2 Å². The summed E-state index contributed by atoms with van der Waals surface area (Å²) in [4.78, 5) is 11.7. The Morgan fingerprint density at radius 1 is 1.41 bits per heavy atom. The van der Waals surface area contributed by atoms with E-state index >= 15 is 0 Å². The van der Waals surface area contributed by atoms with Crippen LogP contribution in [-0.2, 0) is 17.7 Å². The summed E-state index contributed by atoms with van der Waals surface area (Å²) in [5.74, 6) is -0.299. The maximum absolute atomic E-state index is 14.1. The van der Waals surface area contributed by atoms with Gasteiger partial charge in [0.2, 0.25) is 0 Å². The third kappa shape index (κ3) is 6.02. The van der Waals surface area contributed by atoms with Crippen LogP contribution in [-0.4, -0.2) is 23.4 Å². The number of nitrogens with one attached hydrogen (secondary N) is 1. The largest absolute Gasteiger partial charge is 0.444 e. The monoisotopic (exact) mass is 311 g/mol. The Balaban J connectivity index is 2.78. The highest BCUT2D eigenvalue weighted by Crippen LogP contribution is 2.20. The minimum atomic E-state index is -0.570. The summed E-state index contributed by atoms with van der Waals surface area (Å²) in [5, 5.41) is 11.9. The molecule has 0 fully saturated rings. The number of ether oxygens (including phenoxy) is 1. The molecule has 0 saturated carbocycles. The zero-order valence-electron chi connectivity index (χ0n) is 13.8. The first kappa shape index (κ1) is 18.4. The number of amides is 1. The normalized spacial score (nSPS) is 12.8. The molecular formula is C17H26FNO3. The molecule has 0 aliphatic heterocycles. The van der Waals surface area contributed by atoms with Crippen LogP contribution in [0.2, 0.25) is 0 Å². The zero-order valence-corrected chi connectivity index (χ0v) is 13.8. The van der Waals surface area contributed by atoms with Crippen molar-refractivity contribution >= 4 is 6.09 Å². The molecule has 124 valence electrons. The van der Waals surface area contributed by atoms with Crippen molar-refractivity contribution in [2.75, 3.05) is 6.61 Å². The summed E-state index contributed by atoms with van der Waals surface area (Å²) in [6.45, 7) is 7.53. The summed E-state index contributed by atoms with van der Waals surface area (Å²) >= 11 is 0. The highest BCUT2D eigenvalue weighted by molar-refractivity contribution is 5.67. The van der Waals surface area contributed by atoms with Crippen molar-refractivity contribution in [1.82, 2.24) is 5.32 Å². The third-order valence-corrected chi connectivity index (χ3v) is 3.37. The maximum atomic E-state index is 14.1. The van der Waals surface area contributed by atoms with Crippen molar-refractivity contribution < 1.29 is 19.0 Å². The minimum Gasteiger partial charge on any atom is -0.444 e. The number of rotatable bonds is 6. The molecule has 0 radical (unpaired) electrons. The molecular weight excluding hydrogens is 285 g/mol. The van der Waals surface area contributed by atoms with Crippen LogP contribution in [0.25, 0.3) is 0 Å². The Kier molecular flexibility index (Phi) is 6.81. The lowest BCUT2D eigenvalue weighted by Gasteiger charge is -2.20. The molecule has 5 heteroatoms. The van der Waals surface area contributed by atoms with Gasteiger partial charge in [0.05, 0.1) is 0 Å². The number of halogens is 1. The van der Waals surface area contributed by atoms with Crippen LogP contribution in [0.15, 0.2) is 18.2 Å². The molecule has 0 aliphatic rings. The molecule has 0 heterocycles. The summed E-state index contributed by atoms with van der Waals surface area (Å²) in [5.41, 5.74) is 0.677. The third-order valence-electron chi connectivity index (χ3n) is 3.37. The summed E-state index contributed by atoms with van der Waals surface area (Å²) in [7, 11) is 0. The molecule has 1 amide bonds. The van der Waals surface area contributed by atoms with Crippen LogP contribution in [0.4, 0.5) is 9.18 Å². The van der Waals surface area contributed by atoms with Crippen LogP contribution < -0.4 is 5.32 Å². The SMILES string of the molecule is CCC(CO)Cc1c(F)cccc1CNC(=O)OC(C)(C)C. The van der Waals surface area contributed by atoms with E-state index in [9.17, 15) is 14.3 Å². The molecule has 1 aromatic carbocycles. The molecule has 0 aliphatic carbocycles. The van der Waals surface area contributed by atoms with E-state index < -0.39 is 11.7 Å². The van der Waals surface area contributed by atoms with Gasteiger partial charge in [-0.15, -0.1) is 0 Å². The number of hydrogen-bond acceptors (Lipinski definition) is 3. The second kappa shape index (κ2) is 8.13. The van der Waals surface area contributed by atoms with E-state index in [0.717, 1.165) is 6.42 Å². The molecule has 0 aromatic heterocycles. The first-order valence-electron chi connectivity index (χ1n) is 7.60. The van der Waals surface area contributed by atoms with E-state index in [4.69, 9.17) is 4.74 Å². The van der Waals surface area contributed by atoms with Crippen molar-refractivity contribution in [2.45, 2.75) is 52.7 Å². The molecule has 0 bridgehead atoms. The number of aliphatic hydroxyl groups excluding tert-OH is 1. The van der Waals surface area contributed by atoms with Gasteiger partial charge < -0.3 is 15.2 Å². The predicted octanol–water partition coefficient (Wildman–Crippen LogP) is 3.41. The second-order valence-corrected chi connectivity index (χ2v) is 6.39. The predicted molar refractivity (Wildman–Crippen MR) is 84.0 cm³/mol. The van der Waals surface area contributed by atoms with Gasteiger partial charge in [-0.2, -0.15) is 0 Å². The van der Waals surface area contributed by atoms with Gasteiger partial charge in [-0.1, -0.05) is 25.5 Å². The van der Waals surface area contributed by atoms with Gasteiger partial charge in [0.15, 0.2) is 0 Å². The molecule has 1 atom stereocenters. The fourth-order valence-electron chi connectivity index (χ4n) is 2.11. The van der Waals surface area contributed by atoms with Gasteiger partial charge in [-0.3, -0.25) is 0 Å². The average Bonchev–Trinajstić information content (AvgIpc) is 2.42. The molecule has 22 heavy (non-hydrogen) atoms. The highest BCUT2D eigenvalue weighted by atomic mass is 19.1. The van der Waals surface area contributed by atoms with E-state index in [-0.39, 0.29) is 24.9 Å². The van der Waals surface area contributed by atoms with E-state index in [1.54, 1.807) is 32.9 Å². The van der Waals surface area contributed by atoms with Crippen molar-refractivity contribution in [2.24, 2.45) is 5.92 Å². The topological polar surface area (TPSA) is 58.6 Å². The molecule has 1 unspecified atom stereocenters. The molecule has 1 aromatic rings. The highest BCUT2D eigenvalue weighted by Gasteiger charge is 2.17. The second-order valence-electron chi connectivity index (χ2n) is 6.39. The lowest BCUT2D eigenvalue weighted by molar-refractivity contribution is 0.0523. The Morgan fingerprint density at radius 2 is 2.09 bits per heavy atom.